The molecule has 328 valence electrons. The molecule has 2 aromatic carbocycles. The van der Waals surface area contributed by atoms with Crippen LogP contribution in [0.15, 0.2) is 133 Å². The van der Waals surface area contributed by atoms with Crippen molar-refractivity contribution in [2.75, 3.05) is 19.0 Å². The van der Waals surface area contributed by atoms with Crippen LogP contribution < -0.4 is 14.4 Å². The van der Waals surface area contributed by atoms with Crippen molar-refractivity contribution < 1.29 is 19.1 Å². The standard InChI is InChI=1S/C28H31N3O2.C26H25ClN2O2/c1-20-7-14-28(30-18-20)33-25-6-4-5-23(16-25)15-21-8-10-22(11-9-21)17-26(32)24-12-13-27(29-19-24)31(2)3;1-18-5-12-26(29-16-18)31-23-4-2-3-21(14-23)13-19-6-8-20(9-7-19)15-24(30)22-10-11-25(27)28-17-22/h4-7,12-16,18-19,22H,8-11,17H2,1-3H3;2-5,10-14,16-17,20H,6-9,15H2,1H3. The molecule has 2 fully saturated rings. The number of aryl methyl sites for hydroxylation is 2. The third-order valence-corrected chi connectivity index (χ3v) is 11.9. The molecule has 0 amide bonds. The molecule has 0 N–H and O–H groups in total. The van der Waals surface area contributed by atoms with Crippen LogP contribution in [0.3, 0.4) is 0 Å². The number of benzene rings is 2. The van der Waals surface area contributed by atoms with Crippen LogP contribution in [0.4, 0.5) is 5.82 Å². The zero-order chi connectivity index (χ0) is 44.8. The van der Waals surface area contributed by atoms with Gasteiger partial charge in [0.2, 0.25) is 11.8 Å². The average molecular weight is 875 g/mol. The van der Waals surface area contributed by atoms with E-state index in [1.54, 1.807) is 36.9 Å². The summed E-state index contributed by atoms with van der Waals surface area (Å²) in [6.07, 6.45) is 20.8. The molecule has 9 nitrogen and oxygen atoms in total. The van der Waals surface area contributed by atoms with E-state index in [0.29, 0.717) is 52.7 Å². The number of Topliss-reactive ketones (excluding diaryl/α,β-unsaturated/α-hetero) is 2. The summed E-state index contributed by atoms with van der Waals surface area (Å²) in [6, 6.07) is 31.1. The number of rotatable bonds is 13. The van der Waals surface area contributed by atoms with Gasteiger partial charge in [-0.2, -0.15) is 0 Å². The van der Waals surface area contributed by atoms with Gasteiger partial charge in [0.1, 0.15) is 22.5 Å². The number of aromatic nitrogens is 4. The fourth-order valence-corrected chi connectivity index (χ4v) is 8.10. The average Bonchev–Trinajstić information content (AvgIpc) is 3.30. The Morgan fingerprint density at radius 2 is 1.06 bits per heavy atom. The number of carbonyl (C=O) groups is 2. The van der Waals surface area contributed by atoms with Gasteiger partial charge in [0, 0.05) is 75.0 Å². The SMILES string of the molecule is Cc1ccc(Oc2cccc(C=C3CCC(CC(=O)c4ccc(Cl)nc4)CC3)c2)nc1.Cc1ccc(Oc2cccc(C=C3CCC(CC(=O)c4ccc(N(C)C)nc4)CC3)c2)nc1. The lowest BCUT2D eigenvalue weighted by atomic mass is 9.82. The van der Waals surface area contributed by atoms with Gasteiger partial charge in [0.25, 0.3) is 0 Å². The van der Waals surface area contributed by atoms with Crippen LogP contribution in [-0.2, 0) is 0 Å². The number of nitrogens with zero attached hydrogens (tertiary/aromatic N) is 5. The minimum atomic E-state index is 0.149. The molecule has 64 heavy (non-hydrogen) atoms. The van der Waals surface area contributed by atoms with Crippen molar-refractivity contribution in [3.05, 3.63) is 172 Å². The van der Waals surface area contributed by atoms with E-state index in [9.17, 15) is 9.59 Å². The fraction of sp³-hybridized carbons (Fsp3) is 0.296. The van der Waals surface area contributed by atoms with E-state index in [1.165, 1.54) is 11.1 Å². The van der Waals surface area contributed by atoms with Crippen LogP contribution in [0.2, 0.25) is 5.15 Å². The van der Waals surface area contributed by atoms with Crippen LogP contribution in [0.1, 0.15) is 107 Å². The molecule has 4 heterocycles. The first-order valence-electron chi connectivity index (χ1n) is 22.1. The normalized spacial score (nSPS) is 15.9. The third kappa shape index (κ3) is 13.8. The highest BCUT2D eigenvalue weighted by Crippen LogP contribution is 2.35. The van der Waals surface area contributed by atoms with Crippen molar-refractivity contribution in [1.29, 1.82) is 0 Å². The molecule has 0 radical (unpaired) electrons. The molecule has 0 saturated heterocycles. The topological polar surface area (TPSA) is 107 Å². The molecule has 0 aliphatic heterocycles. The molecule has 2 aliphatic rings. The van der Waals surface area contributed by atoms with Crippen LogP contribution in [0, 0.1) is 25.7 Å². The summed E-state index contributed by atoms with van der Waals surface area (Å²) in [6.45, 7) is 4.01. The van der Waals surface area contributed by atoms with E-state index in [-0.39, 0.29) is 11.6 Å². The molecule has 2 saturated carbocycles. The highest BCUT2D eigenvalue weighted by Gasteiger charge is 2.22. The number of hydrogen-bond donors (Lipinski definition) is 0. The summed E-state index contributed by atoms with van der Waals surface area (Å²) in [4.78, 5) is 44.1. The lowest BCUT2D eigenvalue weighted by molar-refractivity contribution is 0.0945. The van der Waals surface area contributed by atoms with Crippen molar-refractivity contribution in [3.8, 4) is 23.3 Å². The molecular formula is C54H56ClN5O4. The maximum absolute atomic E-state index is 12.7. The summed E-state index contributed by atoms with van der Waals surface area (Å²) in [5, 5.41) is 0.411. The molecule has 0 bridgehead atoms. The first kappa shape index (κ1) is 45.6. The van der Waals surface area contributed by atoms with Gasteiger partial charge in [-0.15, -0.1) is 0 Å². The predicted molar refractivity (Wildman–Crippen MR) is 257 cm³/mol. The van der Waals surface area contributed by atoms with Crippen molar-refractivity contribution in [1.82, 2.24) is 19.9 Å². The zero-order valence-corrected chi connectivity index (χ0v) is 37.9. The van der Waals surface area contributed by atoms with Crippen LogP contribution in [-0.4, -0.2) is 45.6 Å². The Morgan fingerprint density at radius 1 is 0.594 bits per heavy atom. The van der Waals surface area contributed by atoms with Crippen LogP contribution in [0.5, 0.6) is 23.3 Å². The highest BCUT2D eigenvalue weighted by atomic mass is 35.5. The number of carbonyl (C=O) groups excluding carboxylic acids is 2. The van der Waals surface area contributed by atoms with E-state index >= 15 is 0 Å². The number of anilines is 1. The minimum Gasteiger partial charge on any atom is -0.439 e. The van der Waals surface area contributed by atoms with Gasteiger partial charge >= 0.3 is 0 Å². The van der Waals surface area contributed by atoms with Crippen molar-refractivity contribution in [2.24, 2.45) is 11.8 Å². The monoisotopic (exact) mass is 873 g/mol. The lowest BCUT2D eigenvalue weighted by Gasteiger charge is -2.23. The second-order valence-corrected chi connectivity index (χ2v) is 17.5. The first-order chi connectivity index (χ1) is 31.0. The van der Waals surface area contributed by atoms with Crippen molar-refractivity contribution in [3.63, 3.8) is 0 Å². The Balaban J connectivity index is 0.000000192. The van der Waals surface area contributed by atoms with E-state index in [0.717, 1.165) is 90.9 Å². The number of hydrogen-bond acceptors (Lipinski definition) is 9. The van der Waals surface area contributed by atoms with Gasteiger partial charge < -0.3 is 14.4 Å². The Labute approximate surface area is 382 Å². The van der Waals surface area contributed by atoms with Gasteiger partial charge in [-0.1, -0.05) is 71.3 Å². The molecular weight excluding hydrogens is 818 g/mol. The van der Waals surface area contributed by atoms with Crippen molar-refractivity contribution >= 4 is 41.1 Å². The Hall–Kier alpha value is -6.45. The zero-order valence-electron chi connectivity index (χ0n) is 37.2. The summed E-state index contributed by atoms with van der Waals surface area (Å²) in [5.41, 5.74) is 8.68. The maximum Gasteiger partial charge on any atom is 0.219 e. The fourth-order valence-electron chi connectivity index (χ4n) is 7.99. The lowest BCUT2D eigenvalue weighted by Crippen LogP contribution is -2.14. The molecule has 10 heteroatoms. The summed E-state index contributed by atoms with van der Waals surface area (Å²) < 4.78 is 11.8. The largest absolute Gasteiger partial charge is 0.439 e. The van der Waals surface area contributed by atoms with Gasteiger partial charge in [-0.3, -0.25) is 9.59 Å². The van der Waals surface area contributed by atoms with Crippen LogP contribution >= 0.6 is 11.6 Å². The Morgan fingerprint density at radius 3 is 1.45 bits per heavy atom. The maximum atomic E-state index is 12.7. The summed E-state index contributed by atoms with van der Waals surface area (Å²) >= 11 is 5.81. The second kappa shape index (κ2) is 22.3. The third-order valence-electron chi connectivity index (χ3n) is 11.7. The van der Waals surface area contributed by atoms with Gasteiger partial charge in [0.05, 0.1) is 0 Å². The molecule has 0 atom stereocenters. The number of ketones is 2. The van der Waals surface area contributed by atoms with E-state index in [1.807, 2.05) is 99.6 Å². The van der Waals surface area contributed by atoms with Gasteiger partial charge in [-0.25, -0.2) is 19.9 Å². The van der Waals surface area contributed by atoms with Gasteiger partial charge in [0.15, 0.2) is 11.6 Å². The van der Waals surface area contributed by atoms with E-state index in [4.69, 9.17) is 21.1 Å². The molecule has 6 aromatic rings. The minimum absolute atomic E-state index is 0.149. The second-order valence-electron chi connectivity index (χ2n) is 17.1. The van der Waals surface area contributed by atoms with E-state index < -0.39 is 0 Å². The van der Waals surface area contributed by atoms with E-state index in [2.05, 4.69) is 50.3 Å². The molecule has 8 rings (SSSR count). The summed E-state index contributed by atoms with van der Waals surface area (Å²) in [7, 11) is 3.89. The molecule has 4 aromatic heterocycles. The first-order valence-corrected chi connectivity index (χ1v) is 22.5. The van der Waals surface area contributed by atoms with Crippen LogP contribution in [0.25, 0.3) is 12.2 Å². The molecule has 0 unspecified atom stereocenters. The Kier molecular flexibility index (Phi) is 15.8. The number of allylic oxidation sites excluding steroid dienone is 2. The smallest absolute Gasteiger partial charge is 0.219 e. The molecule has 2 aliphatic carbocycles. The predicted octanol–water partition coefficient (Wildman–Crippen LogP) is 13.6. The molecule has 0 spiro atoms. The van der Waals surface area contributed by atoms with Gasteiger partial charge in [-0.05, 0) is 148 Å². The number of ether oxygens (including phenoxy) is 2. The summed E-state index contributed by atoms with van der Waals surface area (Å²) in [5.74, 6) is 4.82. The number of halogens is 1. The quantitative estimate of drug-likeness (QED) is 0.0828. The Bertz CT molecular complexity index is 2530. The highest BCUT2D eigenvalue weighted by molar-refractivity contribution is 6.29. The number of pyridine rings is 4. The van der Waals surface area contributed by atoms with Crippen molar-refractivity contribution in [2.45, 2.75) is 78.1 Å².